The fourth-order valence-corrected chi connectivity index (χ4v) is 5.29. The van der Waals surface area contributed by atoms with Crippen LogP contribution in [0.5, 0.6) is 0 Å². The van der Waals surface area contributed by atoms with Crippen molar-refractivity contribution in [3.05, 3.63) is 34.0 Å². The highest BCUT2D eigenvalue weighted by atomic mass is 32.2. The SMILES string of the molecule is CN=C(NCCCSc1nccs1)NC1CCN(Cc2ccsc2)CC1. The van der Waals surface area contributed by atoms with Crippen LogP contribution in [-0.4, -0.2) is 54.3 Å². The van der Waals surface area contributed by atoms with Crippen molar-refractivity contribution in [3.8, 4) is 0 Å². The summed E-state index contributed by atoms with van der Waals surface area (Å²) in [4.78, 5) is 11.2. The van der Waals surface area contributed by atoms with Gasteiger partial charge >= 0.3 is 0 Å². The lowest BCUT2D eigenvalue weighted by Crippen LogP contribution is -2.48. The Bertz CT molecular complexity index is 634. The first-order valence-electron chi connectivity index (χ1n) is 9.06. The molecule has 2 aromatic rings. The molecule has 8 heteroatoms. The number of guanidine groups is 1. The van der Waals surface area contributed by atoms with Crippen molar-refractivity contribution in [2.24, 2.45) is 4.99 Å². The minimum Gasteiger partial charge on any atom is -0.356 e. The van der Waals surface area contributed by atoms with Gasteiger partial charge in [0, 0.05) is 56.6 Å². The average molecular weight is 410 g/mol. The predicted molar refractivity (Wildman–Crippen MR) is 115 cm³/mol. The Morgan fingerprint density at radius 3 is 2.96 bits per heavy atom. The minimum absolute atomic E-state index is 0.518. The van der Waals surface area contributed by atoms with Crippen LogP contribution in [-0.2, 0) is 6.54 Å². The number of thioether (sulfide) groups is 1. The lowest BCUT2D eigenvalue weighted by molar-refractivity contribution is 0.198. The Morgan fingerprint density at radius 1 is 1.38 bits per heavy atom. The minimum atomic E-state index is 0.518. The van der Waals surface area contributed by atoms with Crippen molar-refractivity contribution < 1.29 is 0 Å². The lowest BCUT2D eigenvalue weighted by atomic mass is 10.0. The number of aliphatic imine (C=N–C) groups is 1. The number of thiazole rings is 1. The van der Waals surface area contributed by atoms with Gasteiger partial charge in [-0.2, -0.15) is 11.3 Å². The van der Waals surface area contributed by atoms with Gasteiger partial charge in [-0.3, -0.25) is 9.89 Å². The number of nitrogens with zero attached hydrogens (tertiary/aromatic N) is 3. The molecule has 1 aliphatic rings. The summed E-state index contributed by atoms with van der Waals surface area (Å²) in [5.74, 6) is 2.01. The number of piperidine rings is 1. The highest BCUT2D eigenvalue weighted by molar-refractivity contribution is 8.00. The standard InChI is InChI=1S/C18H27N5S3/c1-19-17(20-6-2-10-25-18-21-7-12-26-18)22-16-3-8-23(9-4-16)13-15-5-11-24-14-15/h5,7,11-12,14,16H,2-4,6,8-10,13H2,1H3,(H2,19,20,22). The van der Waals surface area contributed by atoms with E-state index >= 15 is 0 Å². The molecule has 0 aliphatic carbocycles. The largest absolute Gasteiger partial charge is 0.356 e. The molecule has 0 unspecified atom stereocenters. The van der Waals surface area contributed by atoms with E-state index in [1.54, 1.807) is 22.7 Å². The summed E-state index contributed by atoms with van der Waals surface area (Å²) < 4.78 is 1.15. The second-order valence-electron chi connectivity index (χ2n) is 6.33. The summed E-state index contributed by atoms with van der Waals surface area (Å²) in [6.07, 6.45) is 5.31. The van der Waals surface area contributed by atoms with E-state index < -0.39 is 0 Å². The Balaban J connectivity index is 1.29. The first-order valence-corrected chi connectivity index (χ1v) is 11.9. The molecule has 142 valence electrons. The molecule has 0 aromatic carbocycles. The molecule has 0 atom stereocenters. The van der Waals surface area contributed by atoms with Crippen molar-refractivity contribution in [1.29, 1.82) is 0 Å². The van der Waals surface area contributed by atoms with Crippen LogP contribution in [0.25, 0.3) is 0 Å². The number of hydrogen-bond donors (Lipinski definition) is 2. The van der Waals surface area contributed by atoms with Crippen molar-refractivity contribution >= 4 is 40.4 Å². The summed E-state index contributed by atoms with van der Waals surface area (Å²) >= 11 is 5.32. The van der Waals surface area contributed by atoms with Crippen molar-refractivity contribution in [3.63, 3.8) is 0 Å². The molecule has 1 aliphatic heterocycles. The Labute approximate surface area is 168 Å². The predicted octanol–water partition coefficient (Wildman–Crippen LogP) is 3.52. The van der Waals surface area contributed by atoms with Gasteiger partial charge in [-0.1, -0.05) is 11.8 Å². The Kier molecular flexibility index (Phi) is 8.25. The van der Waals surface area contributed by atoms with E-state index in [-0.39, 0.29) is 0 Å². The lowest BCUT2D eigenvalue weighted by Gasteiger charge is -2.32. The van der Waals surface area contributed by atoms with Crippen molar-refractivity contribution in [2.45, 2.75) is 36.2 Å². The van der Waals surface area contributed by atoms with Crippen molar-refractivity contribution in [2.75, 3.05) is 32.4 Å². The second-order valence-corrected chi connectivity index (χ2v) is 9.34. The van der Waals surface area contributed by atoms with Gasteiger partial charge in [0.1, 0.15) is 4.34 Å². The van der Waals surface area contributed by atoms with E-state index in [4.69, 9.17) is 0 Å². The number of likely N-dealkylation sites (tertiary alicyclic amines) is 1. The van der Waals surface area contributed by atoms with Gasteiger partial charge in [0.25, 0.3) is 0 Å². The van der Waals surface area contributed by atoms with Gasteiger partial charge in [-0.05, 0) is 41.7 Å². The maximum atomic E-state index is 4.37. The molecule has 3 rings (SSSR count). The number of rotatable bonds is 8. The molecule has 0 radical (unpaired) electrons. The van der Waals surface area contributed by atoms with Crippen LogP contribution in [0, 0.1) is 0 Å². The number of nitrogens with one attached hydrogen (secondary N) is 2. The fraction of sp³-hybridized carbons (Fsp3) is 0.556. The topological polar surface area (TPSA) is 52.6 Å². The van der Waals surface area contributed by atoms with Gasteiger partial charge in [-0.25, -0.2) is 4.98 Å². The first kappa shape index (κ1) is 19.7. The van der Waals surface area contributed by atoms with Gasteiger partial charge < -0.3 is 10.6 Å². The maximum absolute atomic E-state index is 4.37. The smallest absolute Gasteiger partial charge is 0.191 e. The zero-order valence-electron chi connectivity index (χ0n) is 15.2. The zero-order chi connectivity index (χ0) is 18.0. The second kappa shape index (κ2) is 10.9. The third kappa shape index (κ3) is 6.57. The Hall–Kier alpha value is -1.09. The summed E-state index contributed by atoms with van der Waals surface area (Å²) in [5.41, 5.74) is 1.44. The van der Waals surface area contributed by atoms with Crippen LogP contribution in [0.15, 0.2) is 37.7 Å². The molecule has 0 amide bonds. The van der Waals surface area contributed by atoms with Crippen molar-refractivity contribution in [1.82, 2.24) is 20.5 Å². The third-order valence-corrected chi connectivity index (χ3v) is 7.17. The van der Waals surface area contributed by atoms with Gasteiger partial charge in [0.05, 0.1) is 0 Å². The molecule has 3 heterocycles. The monoisotopic (exact) mass is 409 g/mol. The Morgan fingerprint density at radius 2 is 2.27 bits per heavy atom. The van der Waals surface area contributed by atoms with Crippen LogP contribution in [0.1, 0.15) is 24.8 Å². The molecular weight excluding hydrogens is 382 g/mol. The van der Waals surface area contributed by atoms with Crippen LogP contribution in [0.4, 0.5) is 0 Å². The van der Waals surface area contributed by atoms with Crippen LogP contribution in [0.3, 0.4) is 0 Å². The molecule has 1 saturated heterocycles. The van der Waals surface area contributed by atoms with E-state index in [0.717, 1.165) is 48.7 Å². The zero-order valence-corrected chi connectivity index (χ0v) is 17.6. The molecule has 2 N–H and O–H groups in total. The van der Waals surface area contributed by atoms with E-state index in [9.17, 15) is 0 Å². The summed E-state index contributed by atoms with van der Waals surface area (Å²) in [6.45, 7) is 4.32. The molecule has 2 aromatic heterocycles. The molecule has 0 bridgehead atoms. The molecule has 1 fully saturated rings. The highest BCUT2D eigenvalue weighted by Gasteiger charge is 2.20. The first-order chi connectivity index (χ1) is 12.8. The number of hydrogen-bond acceptors (Lipinski definition) is 6. The molecule has 0 spiro atoms. The van der Waals surface area contributed by atoms with E-state index in [1.165, 1.54) is 18.4 Å². The number of thiophene rings is 1. The normalized spacial score (nSPS) is 16.7. The van der Waals surface area contributed by atoms with Gasteiger partial charge in [0.2, 0.25) is 0 Å². The van der Waals surface area contributed by atoms with Crippen LogP contribution >= 0.6 is 34.4 Å². The average Bonchev–Trinajstić information content (AvgIpc) is 3.36. The third-order valence-electron chi connectivity index (χ3n) is 4.39. The van der Waals surface area contributed by atoms with E-state index in [2.05, 4.69) is 42.3 Å². The quantitative estimate of drug-likeness (QED) is 0.302. The molecule has 5 nitrogen and oxygen atoms in total. The van der Waals surface area contributed by atoms with E-state index in [0.29, 0.717) is 6.04 Å². The van der Waals surface area contributed by atoms with Crippen LogP contribution in [0.2, 0.25) is 0 Å². The summed E-state index contributed by atoms with van der Waals surface area (Å²) in [7, 11) is 1.85. The fourth-order valence-electron chi connectivity index (χ4n) is 2.98. The molecule has 26 heavy (non-hydrogen) atoms. The van der Waals surface area contributed by atoms with E-state index in [1.807, 2.05) is 30.4 Å². The maximum Gasteiger partial charge on any atom is 0.191 e. The highest BCUT2D eigenvalue weighted by Crippen LogP contribution is 2.20. The molecular formula is C18H27N5S3. The molecule has 0 saturated carbocycles. The van der Waals surface area contributed by atoms with Gasteiger partial charge in [0.15, 0.2) is 5.96 Å². The van der Waals surface area contributed by atoms with Crippen LogP contribution < -0.4 is 10.6 Å². The summed E-state index contributed by atoms with van der Waals surface area (Å²) in [5, 5.41) is 13.5. The summed E-state index contributed by atoms with van der Waals surface area (Å²) in [6, 6.07) is 2.75. The number of aromatic nitrogens is 1. The van der Waals surface area contributed by atoms with Gasteiger partial charge in [-0.15, -0.1) is 11.3 Å².